The third-order valence-electron chi connectivity index (χ3n) is 3.18. The molecule has 0 bridgehead atoms. The number of alkyl halides is 1. The second-order valence-electron chi connectivity index (χ2n) is 4.59. The lowest BCUT2D eigenvalue weighted by Gasteiger charge is -2.35. The van der Waals surface area contributed by atoms with Crippen LogP contribution in [0.4, 0.5) is 0 Å². The van der Waals surface area contributed by atoms with Gasteiger partial charge in [-0.1, -0.05) is 15.9 Å². The molecule has 0 aromatic carbocycles. The van der Waals surface area contributed by atoms with Crippen molar-refractivity contribution in [2.45, 2.75) is 23.8 Å². The SMILES string of the molecule is CN(CC1CC(Br)C1)C(=O)C1COCCO1. The molecule has 1 atom stereocenters. The van der Waals surface area contributed by atoms with Crippen LogP contribution in [0, 0.1) is 5.92 Å². The van der Waals surface area contributed by atoms with Crippen LogP contribution in [-0.2, 0) is 14.3 Å². The van der Waals surface area contributed by atoms with Gasteiger partial charge in [0.25, 0.3) is 5.91 Å². The number of hydrogen-bond donors (Lipinski definition) is 0. The highest BCUT2D eigenvalue weighted by molar-refractivity contribution is 9.09. The van der Waals surface area contributed by atoms with Gasteiger partial charge >= 0.3 is 0 Å². The average Bonchev–Trinajstić information content (AvgIpc) is 2.27. The van der Waals surface area contributed by atoms with E-state index in [1.807, 2.05) is 7.05 Å². The van der Waals surface area contributed by atoms with Gasteiger partial charge in [0.2, 0.25) is 0 Å². The topological polar surface area (TPSA) is 38.8 Å². The van der Waals surface area contributed by atoms with Crippen molar-refractivity contribution in [1.29, 1.82) is 0 Å². The summed E-state index contributed by atoms with van der Waals surface area (Å²) >= 11 is 3.56. The number of rotatable bonds is 3. The Morgan fingerprint density at radius 3 is 2.75 bits per heavy atom. The van der Waals surface area contributed by atoms with E-state index in [1.54, 1.807) is 4.90 Å². The van der Waals surface area contributed by atoms with Crippen molar-refractivity contribution in [3.8, 4) is 0 Å². The Balaban J connectivity index is 1.74. The summed E-state index contributed by atoms with van der Waals surface area (Å²) in [5.74, 6) is 0.695. The summed E-state index contributed by atoms with van der Waals surface area (Å²) in [6.45, 7) is 2.36. The standard InChI is InChI=1S/C11H18BrNO3/c1-13(6-8-4-9(12)5-8)11(14)10-7-15-2-3-16-10/h8-10H,2-7H2,1H3. The predicted octanol–water partition coefficient (Wildman–Crippen LogP) is 1.03. The number of ether oxygens (including phenoxy) is 2. The van der Waals surface area contributed by atoms with Gasteiger partial charge in [-0.05, 0) is 18.8 Å². The fourth-order valence-corrected chi connectivity index (χ4v) is 3.21. The average molecular weight is 292 g/mol. The van der Waals surface area contributed by atoms with E-state index in [2.05, 4.69) is 15.9 Å². The Bertz CT molecular complexity index is 250. The van der Waals surface area contributed by atoms with E-state index in [0.717, 1.165) is 6.54 Å². The lowest BCUT2D eigenvalue weighted by atomic mass is 9.85. The molecule has 0 N–H and O–H groups in total. The monoisotopic (exact) mass is 291 g/mol. The second kappa shape index (κ2) is 5.47. The fraction of sp³-hybridized carbons (Fsp3) is 0.909. The third kappa shape index (κ3) is 2.96. The highest BCUT2D eigenvalue weighted by Crippen LogP contribution is 2.33. The maximum atomic E-state index is 12.0. The van der Waals surface area contributed by atoms with E-state index in [-0.39, 0.29) is 5.91 Å². The van der Waals surface area contributed by atoms with Gasteiger partial charge < -0.3 is 14.4 Å². The van der Waals surface area contributed by atoms with Crippen molar-refractivity contribution in [2.24, 2.45) is 5.92 Å². The fourth-order valence-electron chi connectivity index (χ4n) is 2.16. The molecule has 1 aliphatic carbocycles. The molecule has 1 amide bonds. The molecule has 1 saturated heterocycles. The van der Waals surface area contributed by atoms with E-state index in [4.69, 9.17) is 9.47 Å². The molecule has 2 rings (SSSR count). The highest BCUT2D eigenvalue weighted by atomic mass is 79.9. The highest BCUT2D eigenvalue weighted by Gasteiger charge is 2.31. The van der Waals surface area contributed by atoms with E-state index < -0.39 is 6.10 Å². The van der Waals surface area contributed by atoms with Crippen molar-refractivity contribution in [2.75, 3.05) is 33.4 Å². The van der Waals surface area contributed by atoms with Crippen molar-refractivity contribution in [1.82, 2.24) is 4.90 Å². The van der Waals surface area contributed by atoms with Gasteiger partial charge in [0.15, 0.2) is 6.10 Å². The minimum atomic E-state index is -0.390. The lowest BCUT2D eigenvalue weighted by molar-refractivity contribution is -0.157. The zero-order valence-electron chi connectivity index (χ0n) is 9.52. The molecule has 5 heteroatoms. The molecule has 2 aliphatic rings. The second-order valence-corrected chi connectivity index (χ2v) is 5.88. The van der Waals surface area contributed by atoms with Crippen LogP contribution < -0.4 is 0 Å². The van der Waals surface area contributed by atoms with Crippen molar-refractivity contribution in [3.63, 3.8) is 0 Å². The normalized spacial score (nSPS) is 34.2. The smallest absolute Gasteiger partial charge is 0.253 e. The Hall–Kier alpha value is -0.130. The van der Waals surface area contributed by atoms with Gasteiger partial charge in [-0.25, -0.2) is 0 Å². The van der Waals surface area contributed by atoms with E-state index in [0.29, 0.717) is 30.6 Å². The summed E-state index contributed by atoms with van der Waals surface area (Å²) in [5.41, 5.74) is 0. The van der Waals surface area contributed by atoms with Crippen molar-refractivity contribution in [3.05, 3.63) is 0 Å². The van der Waals surface area contributed by atoms with Crippen LogP contribution in [0.1, 0.15) is 12.8 Å². The molecular weight excluding hydrogens is 274 g/mol. The van der Waals surface area contributed by atoms with Crippen LogP contribution in [0.2, 0.25) is 0 Å². The molecule has 1 unspecified atom stereocenters. The minimum Gasteiger partial charge on any atom is -0.376 e. The van der Waals surface area contributed by atoms with Crippen molar-refractivity contribution >= 4 is 21.8 Å². The molecule has 92 valence electrons. The molecule has 0 spiro atoms. The zero-order chi connectivity index (χ0) is 11.5. The van der Waals surface area contributed by atoms with E-state index in [9.17, 15) is 4.79 Å². The van der Waals surface area contributed by atoms with Crippen LogP contribution in [-0.4, -0.2) is 55.2 Å². The molecule has 0 radical (unpaired) electrons. The van der Waals surface area contributed by atoms with Gasteiger partial charge in [0.1, 0.15) is 0 Å². The van der Waals surface area contributed by atoms with Gasteiger partial charge in [0.05, 0.1) is 19.8 Å². The number of nitrogens with zero attached hydrogens (tertiary/aromatic N) is 1. The van der Waals surface area contributed by atoms with Crippen LogP contribution in [0.5, 0.6) is 0 Å². The quantitative estimate of drug-likeness (QED) is 0.729. The predicted molar refractivity (Wildman–Crippen MR) is 63.6 cm³/mol. The van der Waals surface area contributed by atoms with Crippen LogP contribution in [0.15, 0.2) is 0 Å². The van der Waals surface area contributed by atoms with Gasteiger partial charge in [-0.2, -0.15) is 0 Å². The zero-order valence-corrected chi connectivity index (χ0v) is 11.1. The number of carbonyl (C=O) groups excluding carboxylic acids is 1. The Morgan fingerprint density at radius 2 is 2.19 bits per heavy atom. The van der Waals surface area contributed by atoms with Crippen molar-refractivity contribution < 1.29 is 14.3 Å². The van der Waals surface area contributed by atoms with Gasteiger partial charge in [-0.3, -0.25) is 4.79 Å². The molecule has 0 aromatic rings. The van der Waals surface area contributed by atoms with E-state index in [1.165, 1.54) is 12.8 Å². The molecular formula is C11H18BrNO3. The first-order chi connectivity index (χ1) is 7.66. The number of hydrogen-bond acceptors (Lipinski definition) is 3. The minimum absolute atomic E-state index is 0.0534. The molecule has 1 aliphatic heterocycles. The molecule has 1 saturated carbocycles. The molecule has 0 aromatic heterocycles. The summed E-state index contributed by atoms with van der Waals surface area (Å²) < 4.78 is 10.6. The summed E-state index contributed by atoms with van der Waals surface area (Å²) in [4.78, 5) is 14.4. The van der Waals surface area contributed by atoms with Crippen LogP contribution in [0.3, 0.4) is 0 Å². The first-order valence-corrected chi connectivity index (χ1v) is 6.66. The largest absolute Gasteiger partial charge is 0.376 e. The van der Waals surface area contributed by atoms with Crippen LogP contribution >= 0.6 is 15.9 Å². The molecule has 4 nitrogen and oxygen atoms in total. The Morgan fingerprint density at radius 1 is 1.44 bits per heavy atom. The lowest BCUT2D eigenvalue weighted by Crippen LogP contribution is -2.46. The third-order valence-corrected chi connectivity index (χ3v) is 3.93. The number of halogens is 1. The summed E-state index contributed by atoms with van der Waals surface area (Å²) in [6, 6.07) is 0. The molecule has 2 fully saturated rings. The maximum Gasteiger partial charge on any atom is 0.253 e. The summed E-state index contributed by atoms with van der Waals surface area (Å²) in [7, 11) is 1.85. The molecule has 16 heavy (non-hydrogen) atoms. The van der Waals surface area contributed by atoms with Gasteiger partial charge in [-0.15, -0.1) is 0 Å². The van der Waals surface area contributed by atoms with E-state index >= 15 is 0 Å². The molecule has 1 heterocycles. The first-order valence-electron chi connectivity index (χ1n) is 5.75. The maximum absolute atomic E-state index is 12.0. The first kappa shape index (κ1) is 12.3. The number of likely N-dealkylation sites (N-methyl/N-ethyl adjacent to an activating group) is 1. The van der Waals surface area contributed by atoms with Gasteiger partial charge in [0, 0.05) is 18.4 Å². The Labute approximate surface area is 104 Å². The Kier molecular flexibility index (Phi) is 4.21. The van der Waals surface area contributed by atoms with Crippen LogP contribution in [0.25, 0.3) is 0 Å². The number of amides is 1. The summed E-state index contributed by atoms with van der Waals surface area (Å²) in [5, 5.41) is 0. The number of carbonyl (C=O) groups is 1. The summed E-state index contributed by atoms with van der Waals surface area (Å²) in [6.07, 6.45) is 1.94.